The third kappa shape index (κ3) is 3.52. The molecule has 1 aliphatic carbocycles. The van der Waals surface area contributed by atoms with E-state index >= 15 is 0 Å². The zero-order chi connectivity index (χ0) is 13.2. The normalized spacial score (nSPS) is 20.4. The average Bonchev–Trinajstić information content (AvgIpc) is 2.29. The summed E-state index contributed by atoms with van der Waals surface area (Å²) in [7, 11) is 0. The lowest BCUT2D eigenvalue weighted by Crippen LogP contribution is -2.17. The predicted molar refractivity (Wildman–Crippen MR) is 64.1 cm³/mol. The van der Waals surface area contributed by atoms with E-state index in [0.717, 1.165) is 24.8 Å². The molecule has 1 aromatic carbocycles. The first-order valence-electron chi connectivity index (χ1n) is 5.99. The van der Waals surface area contributed by atoms with E-state index in [4.69, 9.17) is 0 Å². The third-order valence-corrected chi connectivity index (χ3v) is 3.13. The summed E-state index contributed by atoms with van der Waals surface area (Å²) in [6, 6.07) is 6.09. The van der Waals surface area contributed by atoms with Crippen molar-refractivity contribution in [3.8, 4) is 5.75 Å². The average molecular weight is 256 g/mol. The number of benzene rings is 1. The molecular weight excluding hydrogens is 241 g/mol. The Balaban J connectivity index is 2.08. The number of hydrogen-bond donors (Lipinski definition) is 0. The quantitative estimate of drug-likeness (QED) is 0.739. The summed E-state index contributed by atoms with van der Waals surface area (Å²) >= 11 is 0. The summed E-state index contributed by atoms with van der Waals surface area (Å²) in [5.41, 5.74) is 2.20. The molecule has 0 aromatic heterocycles. The summed E-state index contributed by atoms with van der Waals surface area (Å²) in [5, 5.41) is 0. The minimum atomic E-state index is -4.62. The first-order valence-corrected chi connectivity index (χ1v) is 5.99. The van der Waals surface area contributed by atoms with Gasteiger partial charge in [-0.25, -0.2) is 0 Å². The molecule has 0 aliphatic heterocycles. The molecule has 1 atom stereocenters. The molecule has 1 aromatic rings. The van der Waals surface area contributed by atoms with Gasteiger partial charge < -0.3 is 4.74 Å². The molecule has 2 rings (SSSR count). The van der Waals surface area contributed by atoms with Crippen LogP contribution in [0.1, 0.15) is 31.7 Å². The lowest BCUT2D eigenvalue weighted by Gasteiger charge is -2.18. The van der Waals surface area contributed by atoms with Crippen LogP contribution in [0, 0.1) is 5.92 Å². The van der Waals surface area contributed by atoms with Gasteiger partial charge >= 0.3 is 6.36 Å². The van der Waals surface area contributed by atoms with Crippen LogP contribution in [0.25, 0.3) is 5.57 Å². The first-order chi connectivity index (χ1) is 8.44. The standard InChI is InChI=1S/C14H15F3O/c1-10-2-4-11(5-3-10)12-6-8-13(9-7-12)18-14(15,16)17/h4,6-10H,2-3,5H2,1H3. The molecule has 0 radical (unpaired) electrons. The Morgan fingerprint density at radius 3 is 2.33 bits per heavy atom. The maximum atomic E-state index is 12.0. The van der Waals surface area contributed by atoms with E-state index in [-0.39, 0.29) is 5.75 Å². The van der Waals surface area contributed by atoms with Crippen LogP contribution in [0.4, 0.5) is 13.2 Å². The van der Waals surface area contributed by atoms with Crippen LogP contribution < -0.4 is 4.74 Å². The third-order valence-electron chi connectivity index (χ3n) is 3.13. The molecule has 1 nitrogen and oxygen atoms in total. The summed E-state index contributed by atoms with van der Waals surface area (Å²) < 4.78 is 39.9. The molecular formula is C14H15F3O. The van der Waals surface area contributed by atoms with Crippen LogP contribution in [-0.4, -0.2) is 6.36 Å². The number of ether oxygens (including phenoxy) is 1. The number of allylic oxidation sites excluding steroid dienone is 2. The van der Waals surface area contributed by atoms with E-state index in [0.29, 0.717) is 5.92 Å². The van der Waals surface area contributed by atoms with Crippen molar-refractivity contribution in [2.24, 2.45) is 5.92 Å². The molecule has 0 heterocycles. The van der Waals surface area contributed by atoms with Crippen molar-refractivity contribution in [1.82, 2.24) is 0 Å². The van der Waals surface area contributed by atoms with E-state index in [1.807, 2.05) is 0 Å². The van der Waals surface area contributed by atoms with Crippen molar-refractivity contribution in [2.45, 2.75) is 32.5 Å². The highest BCUT2D eigenvalue weighted by atomic mass is 19.4. The second kappa shape index (κ2) is 5.04. The Labute approximate surface area is 104 Å². The predicted octanol–water partition coefficient (Wildman–Crippen LogP) is 4.79. The largest absolute Gasteiger partial charge is 0.573 e. The monoisotopic (exact) mass is 256 g/mol. The zero-order valence-electron chi connectivity index (χ0n) is 10.1. The van der Waals surface area contributed by atoms with Crippen molar-refractivity contribution in [3.05, 3.63) is 35.9 Å². The van der Waals surface area contributed by atoms with E-state index in [2.05, 4.69) is 17.7 Å². The fraction of sp³-hybridized carbons (Fsp3) is 0.429. The van der Waals surface area contributed by atoms with Crippen molar-refractivity contribution in [1.29, 1.82) is 0 Å². The molecule has 1 aliphatic rings. The smallest absolute Gasteiger partial charge is 0.406 e. The second-order valence-electron chi connectivity index (χ2n) is 4.68. The van der Waals surface area contributed by atoms with Crippen LogP contribution in [0.3, 0.4) is 0 Å². The maximum Gasteiger partial charge on any atom is 0.573 e. The van der Waals surface area contributed by atoms with E-state index in [1.54, 1.807) is 12.1 Å². The molecule has 0 amide bonds. The SMILES string of the molecule is CC1CC=C(c2ccc(OC(F)(F)F)cc2)CC1. The van der Waals surface area contributed by atoms with Gasteiger partial charge in [0, 0.05) is 0 Å². The molecule has 0 N–H and O–H groups in total. The Bertz CT molecular complexity index is 431. The minimum absolute atomic E-state index is 0.170. The van der Waals surface area contributed by atoms with Gasteiger partial charge in [0.2, 0.25) is 0 Å². The van der Waals surface area contributed by atoms with Crippen molar-refractivity contribution in [2.75, 3.05) is 0 Å². The van der Waals surface area contributed by atoms with Gasteiger partial charge in [-0.1, -0.05) is 25.1 Å². The van der Waals surface area contributed by atoms with Crippen molar-refractivity contribution >= 4 is 5.57 Å². The number of alkyl halides is 3. The summed E-state index contributed by atoms with van der Waals surface area (Å²) in [5.74, 6) is 0.526. The van der Waals surface area contributed by atoms with Crippen LogP contribution in [0.5, 0.6) is 5.75 Å². The Morgan fingerprint density at radius 1 is 1.17 bits per heavy atom. The minimum Gasteiger partial charge on any atom is -0.406 e. The Hall–Kier alpha value is -1.45. The van der Waals surface area contributed by atoms with Gasteiger partial charge in [0.1, 0.15) is 5.75 Å². The van der Waals surface area contributed by atoms with Gasteiger partial charge in [0.25, 0.3) is 0 Å². The molecule has 0 saturated carbocycles. The Morgan fingerprint density at radius 2 is 1.83 bits per heavy atom. The molecule has 0 spiro atoms. The molecule has 0 bridgehead atoms. The van der Waals surface area contributed by atoms with Crippen LogP contribution >= 0.6 is 0 Å². The van der Waals surface area contributed by atoms with E-state index in [9.17, 15) is 13.2 Å². The first kappa shape index (κ1) is 13.0. The number of rotatable bonds is 2. The van der Waals surface area contributed by atoms with E-state index < -0.39 is 6.36 Å². The molecule has 98 valence electrons. The molecule has 0 fully saturated rings. The summed E-state index contributed by atoms with van der Waals surface area (Å²) in [6.07, 6.45) is 0.707. The van der Waals surface area contributed by atoms with Crippen LogP contribution in [-0.2, 0) is 0 Å². The maximum absolute atomic E-state index is 12.0. The Kier molecular flexibility index (Phi) is 3.64. The second-order valence-corrected chi connectivity index (χ2v) is 4.68. The van der Waals surface area contributed by atoms with Gasteiger partial charge in [-0.2, -0.15) is 0 Å². The molecule has 18 heavy (non-hydrogen) atoms. The molecule has 1 unspecified atom stereocenters. The summed E-state index contributed by atoms with van der Waals surface area (Å²) in [4.78, 5) is 0. The van der Waals surface area contributed by atoms with Crippen molar-refractivity contribution < 1.29 is 17.9 Å². The van der Waals surface area contributed by atoms with Crippen LogP contribution in [0.2, 0.25) is 0 Å². The lowest BCUT2D eigenvalue weighted by molar-refractivity contribution is -0.274. The highest BCUT2D eigenvalue weighted by Gasteiger charge is 2.30. The van der Waals surface area contributed by atoms with Gasteiger partial charge in [-0.3, -0.25) is 0 Å². The van der Waals surface area contributed by atoms with E-state index in [1.165, 1.54) is 17.7 Å². The van der Waals surface area contributed by atoms with Gasteiger partial charge in [0.05, 0.1) is 0 Å². The highest BCUT2D eigenvalue weighted by Crippen LogP contribution is 2.31. The van der Waals surface area contributed by atoms with Gasteiger partial charge in [-0.15, -0.1) is 13.2 Å². The number of hydrogen-bond acceptors (Lipinski definition) is 1. The molecule has 0 saturated heterocycles. The molecule has 4 heteroatoms. The summed E-state index contributed by atoms with van der Waals surface area (Å²) in [6.45, 7) is 2.20. The van der Waals surface area contributed by atoms with Gasteiger partial charge in [0.15, 0.2) is 0 Å². The van der Waals surface area contributed by atoms with Crippen molar-refractivity contribution in [3.63, 3.8) is 0 Å². The zero-order valence-corrected chi connectivity index (χ0v) is 10.1. The number of halogens is 3. The fourth-order valence-electron chi connectivity index (χ4n) is 2.10. The topological polar surface area (TPSA) is 9.23 Å². The highest BCUT2D eigenvalue weighted by molar-refractivity contribution is 5.66. The van der Waals surface area contributed by atoms with Crippen LogP contribution in [0.15, 0.2) is 30.3 Å². The van der Waals surface area contributed by atoms with Gasteiger partial charge in [-0.05, 0) is 48.4 Å². The fourth-order valence-corrected chi connectivity index (χ4v) is 2.10. The lowest BCUT2D eigenvalue weighted by atomic mass is 9.88.